The maximum atomic E-state index is 13.6. The number of aromatic nitrogens is 2. The summed E-state index contributed by atoms with van der Waals surface area (Å²) in [4.78, 5) is 38.4. The van der Waals surface area contributed by atoms with Crippen LogP contribution in [-0.2, 0) is 13.1 Å². The van der Waals surface area contributed by atoms with E-state index in [9.17, 15) is 9.59 Å². The summed E-state index contributed by atoms with van der Waals surface area (Å²) in [6.45, 7) is 7.63. The number of piperidine rings is 1. The van der Waals surface area contributed by atoms with Crippen molar-refractivity contribution in [3.05, 3.63) is 106 Å². The molecule has 0 bridgehead atoms. The minimum absolute atomic E-state index is 0.201. The molecular formula is C39H44N6O2. The SMILES string of the molecule is Cc1c(NC(=O)c2cc(C3CC3)c(CN)cn2)cccc1-c1cccc(NC(=O)c2cc(C3CC3)c(CN3CCCCC3)cn2)c1C. The lowest BCUT2D eigenvalue weighted by Gasteiger charge is -2.27. The van der Waals surface area contributed by atoms with E-state index in [0.29, 0.717) is 29.8 Å². The minimum Gasteiger partial charge on any atom is -0.326 e. The van der Waals surface area contributed by atoms with Crippen molar-refractivity contribution < 1.29 is 9.59 Å². The molecule has 3 fully saturated rings. The van der Waals surface area contributed by atoms with Crippen molar-refractivity contribution in [3.8, 4) is 11.1 Å². The van der Waals surface area contributed by atoms with Crippen LogP contribution in [0.4, 0.5) is 11.4 Å². The van der Waals surface area contributed by atoms with Gasteiger partial charge in [-0.25, -0.2) is 0 Å². The van der Waals surface area contributed by atoms with Gasteiger partial charge in [0.1, 0.15) is 11.4 Å². The molecule has 1 saturated heterocycles. The summed E-state index contributed by atoms with van der Waals surface area (Å²) >= 11 is 0. The summed E-state index contributed by atoms with van der Waals surface area (Å²) in [5, 5.41) is 6.23. The van der Waals surface area contributed by atoms with Crippen molar-refractivity contribution in [3.63, 3.8) is 0 Å². The van der Waals surface area contributed by atoms with E-state index < -0.39 is 0 Å². The largest absolute Gasteiger partial charge is 0.326 e. The predicted molar refractivity (Wildman–Crippen MR) is 187 cm³/mol. The number of nitrogens with two attached hydrogens (primary N) is 1. The van der Waals surface area contributed by atoms with Crippen LogP contribution in [-0.4, -0.2) is 39.8 Å². The second-order valence-electron chi connectivity index (χ2n) is 13.5. The molecule has 2 amide bonds. The molecule has 242 valence electrons. The zero-order valence-electron chi connectivity index (χ0n) is 27.4. The summed E-state index contributed by atoms with van der Waals surface area (Å²) in [5.41, 5.74) is 16.8. The Bertz CT molecular complexity index is 1820. The van der Waals surface area contributed by atoms with Gasteiger partial charge in [-0.05, 0) is 146 Å². The van der Waals surface area contributed by atoms with Crippen LogP contribution in [0.15, 0.2) is 60.9 Å². The molecular weight excluding hydrogens is 584 g/mol. The van der Waals surface area contributed by atoms with Crippen molar-refractivity contribution in [1.29, 1.82) is 0 Å². The van der Waals surface area contributed by atoms with Crippen LogP contribution in [0.5, 0.6) is 0 Å². The second kappa shape index (κ2) is 13.4. The molecule has 0 radical (unpaired) electrons. The van der Waals surface area contributed by atoms with Crippen LogP contribution >= 0.6 is 0 Å². The van der Waals surface area contributed by atoms with E-state index in [4.69, 9.17) is 5.73 Å². The Kier molecular flexibility index (Phi) is 8.88. The van der Waals surface area contributed by atoms with Crippen LogP contribution < -0.4 is 16.4 Å². The molecule has 4 aromatic rings. The van der Waals surface area contributed by atoms with Crippen LogP contribution in [0.1, 0.15) is 111 Å². The normalized spacial score (nSPS) is 16.6. The Labute approximate surface area is 277 Å². The van der Waals surface area contributed by atoms with Gasteiger partial charge >= 0.3 is 0 Å². The van der Waals surface area contributed by atoms with Gasteiger partial charge in [0.15, 0.2) is 0 Å². The number of nitrogens with one attached hydrogen (secondary N) is 2. The van der Waals surface area contributed by atoms with Crippen LogP contribution in [0, 0.1) is 13.8 Å². The van der Waals surface area contributed by atoms with Crippen molar-refractivity contribution in [2.24, 2.45) is 5.73 Å². The van der Waals surface area contributed by atoms with Gasteiger partial charge < -0.3 is 16.4 Å². The van der Waals surface area contributed by atoms with Crippen molar-refractivity contribution in [2.75, 3.05) is 23.7 Å². The molecule has 3 aliphatic rings. The fraction of sp³-hybridized carbons (Fsp3) is 0.385. The lowest BCUT2D eigenvalue weighted by Crippen LogP contribution is -2.29. The molecule has 0 unspecified atom stereocenters. The number of hydrogen-bond acceptors (Lipinski definition) is 6. The number of amides is 2. The van der Waals surface area contributed by atoms with Crippen LogP contribution in [0.3, 0.4) is 0 Å². The third-order valence-corrected chi connectivity index (χ3v) is 10.1. The standard InChI is InChI=1S/C39H44N6O2/c1-24-30(8-6-10-34(24)43-38(46)36-18-32(26-12-13-26)28(20-40)21-41-36)31-9-7-11-35(25(31)2)44-39(47)37-19-33(27-14-15-27)29(22-42-37)23-45-16-4-3-5-17-45/h6-11,18-19,21-22,26-27H,3-5,12-17,20,23,40H2,1-2H3,(H,43,46)(H,44,47). The summed E-state index contributed by atoms with van der Waals surface area (Å²) in [7, 11) is 0. The topological polar surface area (TPSA) is 113 Å². The smallest absolute Gasteiger partial charge is 0.274 e. The van der Waals surface area contributed by atoms with Gasteiger partial charge in [-0.3, -0.25) is 24.5 Å². The highest BCUT2D eigenvalue weighted by molar-refractivity contribution is 6.05. The van der Waals surface area contributed by atoms with Gasteiger partial charge in [-0.15, -0.1) is 0 Å². The lowest BCUT2D eigenvalue weighted by molar-refractivity contribution is 0.101. The van der Waals surface area contributed by atoms with Gasteiger partial charge in [0.05, 0.1) is 0 Å². The Morgan fingerprint density at radius 1 is 0.745 bits per heavy atom. The molecule has 2 aromatic heterocycles. The fourth-order valence-electron chi connectivity index (χ4n) is 6.96. The van der Waals surface area contributed by atoms with Gasteiger partial charge in [-0.2, -0.15) is 0 Å². The fourth-order valence-corrected chi connectivity index (χ4v) is 6.96. The van der Waals surface area contributed by atoms with Gasteiger partial charge in [0.2, 0.25) is 0 Å². The van der Waals surface area contributed by atoms with Gasteiger partial charge in [-0.1, -0.05) is 30.7 Å². The van der Waals surface area contributed by atoms with E-state index in [2.05, 4.69) is 25.5 Å². The number of nitrogens with zero attached hydrogens (tertiary/aromatic N) is 3. The molecule has 4 N–H and O–H groups in total. The van der Waals surface area contributed by atoms with Crippen molar-refractivity contribution in [1.82, 2.24) is 14.9 Å². The number of anilines is 2. The van der Waals surface area contributed by atoms with E-state index in [-0.39, 0.29) is 11.8 Å². The first-order valence-electron chi connectivity index (χ1n) is 17.1. The number of carbonyl (C=O) groups is 2. The van der Waals surface area contributed by atoms with E-state index in [1.54, 1.807) is 6.20 Å². The Hall–Kier alpha value is -4.40. The summed E-state index contributed by atoms with van der Waals surface area (Å²) in [5.74, 6) is 0.567. The van der Waals surface area contributed by atoms with Crippen molar-refractivity contribution >= 4 is 23.2 Å². The zero-order valence-corrected chi connectivity index (χ0v) is 27.4. The molecule has 2 aliphatic carbocycles. The Morgan fingerprint density at radius 3 is 1.72 bits per heavy atom. The highest BCUT2D eigenvalue weighted by atomic mass is 16.2. The Balaban J connectivity index is 1.09. The Morgan fingerprint density at radius 2 is 1.23 bits per heavy atom. The van der Waals surface area contributed by atoms with Crippen molar-refractivity contribution in [2.45, 2.75) is 83.7 Å². The highest BCUT2D eigenvalue weighted by Crippen LogP contribution is 2.43. The molecule has 0 atom stereocenters. The summed E-state index contributed by atoms with van der Waals surface area (Å²) in [6.07, 6.45) is 12.1. The average Bonchev–Trinajstić information content (AvgIpc) is 4.02. The first kappa shape index (κ1) is 31.2. The zero-order chi connectivity index (χ0) is 32.5. The van der Waals surface area contributed by atoms with Crippen LogP contribution in [0.25, 0.3) is 11.1 Å². The number of rotatable bonds is 10. The third-order valence-electron chi connectivity index (χ3n) is 10.1. The van der Waals surface area contributed by atoms with Crippen LogP contribution in [0.2, 0.25) is 0 Å². The molecule has 47 heavy (non-hydrogen) atoms. The average molecular weight is 629 g/mol. The maximum absolute atomic E-state index is 13.6. The van der Waals surface area contributed by atoms with E-state index in [0.717, 1.165) is 77.2 Å². The molecule has 8 nitrogen and oxygen atoms in total. The van der Waals surface area contributed by atoms with E-state index in [1.807, 2.05) is 68.6 Å². The van der Waals surface area contributed by atoms with Gasteiger partial charge in [0, 0.05) is 36.9 Å². The number of benzene rings is 2. The molecule has 7 rings (SSSR count). The van der Waals surface area contributed by atoms with E-state index in [1.165, 1.54) is 43.2 Å². The van der Waals surface area contributed by atoms with E-state index >= 15 is 0 Å². The summed E-state index contributed by atoms with van der Waals surface area (Å²) in [6, 6.07) is 15.7. The molecule has 2 aromatic carbocycles. The number of pyridine rings is 2. The quantitative estimate of drug-likeness (QED) is 0.168. The first-order valence-corrected chi connectivity index (χ1v) is 17.1. The predicted octanol–water partition coefficient (Wildman–Crippen LogP) is 7.46. The highest BCUT2D eigenvalue weighted by Gasteiger charge is 2.29. The second-order valence-corrected chi connectivity index (χ2v) is 13.5. The number of hydrogen-bond donors (Lipinski definition) is 3. The monoisotopic (exact) mass is 628 g/mol. The molecule has 0 spiro atoms. The molecule has 1 aliphatic heterocycles. The minimum atomic E-state index is -0.242. The third kappa shape index (κ3) is 6.85. The number of carbonyl (C=O) groups excluding carboxylic acids is 2. The molecule has 3 heterocycles. The first-order chi connectivity index (χ1) is 22.9. The summed E-state index contributed by atoms with van der Waals surface area (Å²) < 4.78 is 0. The molecule has 8 heteroatoms. The lowest BCUT2D eigenvalue weighted by atomic mass is 9.94. The maximum Gasteiger partial charge on any atom is 0.274 e. The molecule has 2 saturated carbocycles. The number of likely N-dealkylation sites (tertiary alicyclic amines) is 1. The van der Waals surface area contributed by atoms with Gasteiger partial charge in [0.25, 0.3) is 11.8 Å².